The molecule has 1 saturated heterocycles. The van der Waals surface area contributed by atoms with Gasteiger partial charge in [0, 0.05) is 18.7 Å². The summed E-state index contributed by atoms with van der Waals surface area (Å²) < 4.78 is 62.9. The van der Waals surface area contributed by atoms with Gasteiger partial charge >= 0.3 is 6.18 Å². The maximum absolute atomic E-state index is 12.6. The molecule has 6 nitrogen and oxygen atoms in total. The van der Waals surface area contributed by atoms with Gasteiger partial charge in [0.2, 0.25) is 10.0 Å². The number of sulfonamides is 1. The number of halogens is 3. The van der Waals surface area contributed by atoms with Gasteiger partial charge in [-0.2, -0.15) is 17.5 Å². The van der Waals surface area contributed by atoms with Crippen molar-refractivity contribution in [1.29, 1.82) is 0 Å². The Labute approximate surface area is 144 Å². The zero-order valence-electron chi connectivity index (χ0n) is 13.6. The molecule has 0 spiro atoms. The molecule has 140 valence electrons. The summed E-state index contributed by atoms with van der Waals surface area (Å²) in [5, 5.41) is 4.76. The fraction of sp³-hybridized carbons (Fsp3) is 0.533. The summed E-state index contributed by atoms with van der Waals surface area (Å²) in [6.45, 7) is 0.121. The van der Waals surface area contributed by atoms with Crippen molar-refractivity contribution in [3.05, 3.63) is 29.8 Å². The van der Waals surface area contributed by atoms with Crippen LogP contribution >= 0.6 is 0 Å². The lowest BCUT2D eigenvalue weighted by atomic mass is 10.1. The first-order chi connectivity index (χ1) is 11.6. The van der Waals surface area contributed by atoms with Gasteiger partial charge in [0.1, 0.15) is 6.54 Å². The standard InChI is InChI=1S/C15H20F3N3O3S/c1-19-8-11-6-7-21(9-11)25(23,24)13-4-2-12(3-5-13)14(22)20-10-15(16,17)18/h2-5,11,19H,6-10H2,1H3,(H,20,22). The van der Waals surface area contributed by atoms with E-state index in [1.54, 1.807) is 12.4 Å². The first kappa shape index (κ1) is 19.7. The lowest BCUT2D eigenvalue weighted by Gasteiger charge is -2.17. The molecule has 0 bridgehead atoms. The second kappa shape index (κ2) is 7.71. The lowest BCUT2D eigenvalue weighted by Crippen LogP contribution is -2.33. The summed E-state index contributed by atoms with van der Waals surface area (Å²) in [5.41, 5.74) is -0.0299. The zero-order valence-corrected chi connectivity index (χ0v) is 14.5. The molecule has 25 heavy (non-hydrogen) atoms. The van der Waals surface area contributed by atoms with E-state index in [9.17, 15) is 26.4 Å². The summed E-state index contributed by atoms with van der Waals surface area (Å²) in [7, 11) is -1.87. The second-order valence-electron chi connectivity index (χ2n) is 5.90. The minimum absolute atomic E-state index is 0.0185. The molecule has 1 atom stereocenters. The third kappa shape index (κ3) is 5.16. The van der Waals surface area contributed by atoms with Crippen LogP contribution in [0.1, 0.15) is 16.8 Å². The van der Waals surface area contributed by atoms with Crippen molar-refractivity contribution in [3.8, 4) is 0 Å². The fourth-order valence-electron chi connectivity index (χ4n) is 2.68. The van der Waals surface area contributed by atoms with E-state index in [2.05, 4.69) is 5.32 Å². The van der Waals surface area contributed by atoms with E-state index in [0.717, 1.165) is 13.0 Å². The van der Waals surface area contributed by atoms with Gasteiger partial charge < -0.3 is 10.6 Å². The van der Waals surface area contributed by atoms with Crippen LogP contribution in [-0.4, -0.2) is 58.0 Å². The van der Waals surface area contributed by atoms with Gasteiger partial charge in [-0.05, 0) is 50.2 Å². The largest absolute Gasteiger partial charge is 0.405 e. The van der Waals surface area contributed by atoms with E-state index in [1.807, 2.05) is 0 Å². The zero-order chi connectivity index (χ0) is 18.7. The number of benzene rings is 1. The molecule has 1 fully saturated rings. The maximum Gasteiger partial charge on any atom is 0.405 e. The molecule has 0 saturated carbocycles. The number of rotatable bonds is 6. The van der Waals surface area contributed by atoms with Crippen LogP contribution in [0.2, 0.25) is 0 Å². The van der Waals surface area contributed by atoms with E-state index in [4.69, 9.17) is 0 Å². The highest BCUT2D eigenvalue weighted by atomic mass is 32.2. The molecule has 1 aliphatic heterocycles. The number of hydrogen-bond donors (Lipinski definition) is 2. The Kier molecular flexibility index (Phi) is 6.07. The SMILES string of the molecule is CNCC1CCN(S(=O)(=O)c2ccc(C(=O)NCC(F)(F)F)cc2)C1. The van der Waals surface area contributed by atoms with E-state index >= 15 is 0 Å². The number of amides is 1. The highest BCUT2D eigenvalue weighted by molar-refractivity contribution is 7.89. The monoisotopic (exact) mass is 379 g/mol. The van der Waals surface area contributed by atoms with Crippen molar-refractivity contribution in [3.63, 3.8) is 0 Å². The first-order valence-electron chi connectivity index (χ1n) is 7.73. The van der Waals surface area contributed by atoms with Crippen LogP contribution in [-0.2, 0) is 10.0 Å². The molecule has 10 heteroatoms. The lowest BCUT2D eigenvalue weighted by molar-refractivity contribution is -0.123. The topological polar surface area (TPSA) is 78.5 Å². The number of nitrogens with one attached hydrogen (secondary N) is 2. The van der Waals surface area contributed by atoms with Gasteiger partial charge in [0.25, 0.3) is 5.91 Å². The quantitative estimate of drug-likeness (QED) is 0.779. The third-order valence-corrected chi connectivity index (χ3v) is 5.82. The van der Waals surface area contributed by atoms with Crippen molar-refractivity contribution in [2.45, 2.75) is 17.5 Å². The molecule has 0 radical (unpaired) electrons. The third-order valence-electron chi connectivity index (χ3n) is 3.95. The Morgan fingerprint density at radius 3 is 2.48 bits per heavy atom. The van der Waals surface area contributed by atoms with Crippen LogP contribution in [0, 0.1) is 5.92 Å². The Morgan fingerprint density at radius 1 is 1.28 bits per heavy atom. The summed E-state index contributed by atoms with van der Waals surface area (Å²) in [5.74, 6) is -0.663. The van der Waals surface area contributed by atoms with Gasteiger partial charge in [-0.3, -0.25) is 4.79 Å². The molecule has 2 rings (SSSR count). The van der Waals surface area contributed by atoms with Crippen molar-refractivity contribution < 1.29 is 26.4 Å². The Morgan fingerprint density at radius 2 is 1.92 bits per heavy atom. The van der Waals surface area contributed by atoms with Crippen molar-refractivity contribution >= 4 is 15.9 Å². The van der Waals surface area contributed by atoms with Gasteiger partial charge in [-0.15, -0.1) is 0 Å². The number of nitrogens with zero attached hydrogens (tertiary/aromatic N) is 1. The smallest absolute Gasteiger partial charge is 0.343 e. The number of hydrogen-bond acceptors (Lipinski definition) is 4. The number of carbonyl (C=O) groups excluding carboxylic acids is 1. The molecule has 0 aromatic heterocycles. The minimum atomic E-state index is -4.50. The van der Waals surface area contributed by atoms with Crippen molar-refractivity contribution in [2.24, 2.45) is 5.92 Å². The minimum Gasteiger partial charge on any atom is -0.343 e. The molecule has 1 aromatic carbocycles. The van der Waals surface area contributed by atoms with E-state index < -0.39 is 28.7 Å². The van der Waals surface area contributed by atoms with Crippen LogP contribution in [0.25, 0.3) is 0 Å². The summed E-state index contributed by atoms with van der Waals surface area (Å²) >= 11 is 0. The molecular formula is C15H20F3N3O3S. The van der Waals surface area contributed by atoms with E-state index in [0.29, 0.717) is 13.1 Å². The Hall–Kier alpha value is -1.65. The predicted octanol–water partition coefficient (Wildman–Crippen LogP) is 1.21. The van der Waals surface area contributed by atoms with E-state index in [1.165, 1.54) is 28.6 Å². The molecule has 1 heterocycles. The Bertz CT molecular complexity index is 705. The van der Waals surface area contributed by atoms with E-state index in [-0.39, 0.29) is 16.4 Å². The first-order valence-corrected chi connectivity index (χ1v) is 9.17. The Balaban J connectivity index is 2.05. The molecule has 0 aliphatic carbocycles. The second-order valence-corrected chi connectivity index (χ2v) is 7.84. The van der Waals surface area contributed by atoms with Crippen LogP contribution in [0.3, 0.4) is 0 Å². The van der Waals surface area contributed by atoms with Gasteiger partial charge in [-0.25, -0.2) is 8.42 Å². The average molecular weight is 379 g/mol. The number of alkyl halides is 3. The molecular weight excluding hydrogens is 359 g/mol. The van der Waals surface area contributed by atoms with Gasteiger partial charge in [0.15, 0.2) is 0 Å². The average Bonchev–Trinajstić information content (AvgIpc) is 3.02. The van der Waals surface area contributed by atoms with Crippen LogP contribution in [0.5, 0.6) is 0 Å². The molecule has 1 amide bonds. The van der Waals surface area contributed by atoms with Crippen molar-refractivity contribution in [1.82, 2.24) is 14.9 Å². The highest BCUT2D eigenvalue weighted by Gasteiger charge is 2.32. The normalized spacial score (nSPS) is 19.1. The van der Waals surface area contributed by atoms with Crippen LogP contribution < -0.4 is 10.6 Å². The van der Waals surface area contributed by atoms with Crippen LogP contribution in [0.15, 0.2) is 29.2 Å². The van der Waals surface area contributed by atoms with Gasteiger partial charge in [0.05, 0.1) is 4.90 Å². The molecule has 2 N–H and O–H groups in total. The summed E-state index contributed by atoms with van der Waals surface area (Å²) in [6, 6.07) is 4.89. The molecule has 1 unspecified atom stereocenters. The highest BCUT2D eigenvalue weighted by Crippen LogP contribution is 2.24. The molecule has 1 aliphatic rings. The van der Waals surface area contributed by atoms with Crippen LogP contribution in [0.4, 0.5) is 13.2 Å². The summed E-state index contributed by atoms with van der Waals surface area (Å²) in [4.78, 5) is 11.7. The van der Waals surface area contributed by atoms with Gasteiger partial charge in [-0.1, -0.05) is 0 Å². The number of carbonyl (C=O) groups is 1. The van der Waals surface area contributed by atoms with Crippen molar-refractivity contribution in [2.75, 3.05) is 33.2 Å². The predicted molar refractivity (Wildman–Crippen MR) is 85.6 cm³/mol. The fourth-order valence-corrected chi connectivity index (χ4v) is 4.21. The maximum atomic E-state index is 12.6. The summed E-state index contributed by atoms with van der Waals surface area (Å²) in [6.07, 6.45) is -3.74. The molecule has 1 aromatic rings.